The average molecular weight is 187 g/mol. The highest BCUT2D eigenvalue weighted by atomic mass is 16.1. The summed E-state index contributed by atoms with van der Waals surface area (Å²) in [5, 5.41) is 0. The Labute approximate surface area is 83.3 Å². The quantitative estimate of drug-likeness (QED) is 0.674. The first kappa shape index (κ1) is 15.1. The zero-order valence-corrected chi connectivity index (χ0v) is 10.1. The molecule has 2 nitrogen and oxygen atoms in total. The van der Waals surface area contributed by atoms with Gasteiger partial charge in [-0.05, 0) is 34.0 Å². The van der Waals surface area contributed by atoms with Crippen LogP contribution < -0.4 is 0 Å². The van der Waals surface area contributed by atoms with Crippen LogP contribution in [0.2, 0.25) is 0 Å². The molecule has 1 unspecified atom stereocenters. The summed E-state index contributed by atoms with van der Waals surface area (Å²) in [6, 6.07) is 0. The minimum atomic E-state index is 0.224. The maximum Gasteiger partial charge on any atom is 0.132 e. The van der Waals surface area contributed by atoms with E-state index in [1.165, 1.54) is 6.42 Å². The second-order valence-corrected chi connectivity index (χ2v) is 3.81. The van der Waals surface area contributed by atoms with Gasteiger partial charge in [0.1, 0.15) is 5.78 Å². The molecule has 0 heterocycles. The molecule has 0 radical (unpaired) electrons. The predicted octanol–water partition coefficient (Wildman–Crippen LogP) is 2.58. The summed E-state index contributed by atoms with van der Waals surface area (Å²) in [5.74, 6) is 0.518. The Hall–Kier alpha value is -0.370. The summed E-state index contributed by atoms with van der Waals surface area (Å²) < 4.78 is 0. The number of carbonyl (C=O) groups is 1. The largest absolute Gasteiger partial charge is 0.309 e. The summed E-state index contributed by atoms with van der Waals surface area (Å²) >= 11 is 0. The molecule has 0 aromatic carbocycles. The molecule has 0 aliphatic rings. The van der Waals surface area contributed by atoms with Crippen LogP contribution in [-0.4, -0.2) is 31.3 Å². The summed E-state index contributed by atoms with van der Waals surface area (Å²) in [4.78, 5) is 12.8. The third-order valence-electron chi connectivity index (χ3n) is 1.70. The SMILES string of the molecule is CC(=O)C(C)CCN(C)C.CCC. The van der Waals surface area contributed by atoms with Crippen molar-refractivity contribution in [3.8, 4) is 0 Å². The van der Waals surface area contributed by atoms with E-state index >= 15 is 0 Å². The Balaban J connectivity index is 0. The molecule has 2 heteroatoms. The van der Waals surface area contributed by atoms with E-state index in [4.69, 9.17) is 0 Å². The van der Waals surface area contributed by atoms with Gasteiger partial charge >= 0.3 is 0 Å². The third-order valence-corrected chi connectivity index (χ3v) is 1.70. The fraction of sp³-hybridized carbons (Fsp3) is 0.909. The smallest absolute Gasteiger partial charge is 0.132 e. The van der Waals surface area contributed by atoms with Gasteiger partial charge in [-0.25, -0.2) is 0 Å². The first-order valence-corrected chi connectivity index (χ1v) is 5.10. The molecule has 0 aromatic heterocycles. The van der Waals surface area contributed by atoms with Gasteiger partial charge in [-0.2, -0.15) is 0 Å². The lowest BCUT2D eigenvalue weighted by atomic mass is 10.0. The van der Waals surface area contributed by atoms with Gasteiger partial charge in [0.2, 0.25) is 0 Å². The van der Waals surface area contributed by atoms with E-state index in [1.54, 1.807) is 6.92 Å². The molecular formula is C11H25NO. The van der Waals surface area contributed by atoms with E-state index in [9.17, 15) is 4.79 Å². The number of ketones is 1. The Kier molecular flexibility index (Phi) is 11.3. The lowest BCUT2D eigenvalue weighted by Gasteiger charge is -2.11. The van der Waals surface area contributed by atoms with Crippen molar-refractivity contribution in [2.75, 3.05) is 20.6 Å². The van der Waals surface area contributed by atoms with Crippen LogP contribution in [0.1, 0.15) is 40.5 Å². The van der Waals surface area contributed by atoms with Crippen LogP contribution in [0.4, 0.5) is 0 Å². The molecule has 0 fully saturated rings. The monoisotopic (exact) mass is 187 g/mol. The van der Waals surface area contributed by atoms with Gasteiger partial charge in [-0.1, -0.05) is 27.2 Å². The highest BCUT2D eigenvalue weighted by molar-refractivity contribution is 5.77. The molecule has 0 amide bonds. The molecule has 1 atom stereocenters. The highest BCUT2D eigenvalue weighted by Crippen LogP contribution is 2.02. The summed E-state index contributed by atoms with van der Waals surface area (Å²) in [6.45, 7) is 8.88. The average Bonchev–Trinajstić information content (AvgIpc) is 2.01. The third kappa shape index (κ3) is 14.5. The Morgan fingerprint density at radius 1 is 1.31 bits per heavy atom. The lowest BCUT2D eigenvalue weighted by Crippen LogP contribution is -2.18. The standard InChI is InChI=1S/C8H17NO.C3H8/c1-7(8(2)10)5-6-9(3)4;1-3-2/h7H,5-6H2,1-4H3;3H2,1-2H3. The summed E-state index contributed by atoms with van der Waals surface area (Å²) in [7, 11) is 4.04. The molecule has 0 aliphatic carbocycles. The van der Waals surface area contributed by atoms with Crippen LogP contribution in [0.15, 0.2) is 0 Å². The number of carbonyl (C=O) groups excluding carboxylic acids is 1. The van der Waals surface area contributed by atoms with Gasteiger partial charge in [0.15, 0.2) is 0 Å². The topological polar surface area (TPSA) is 20.3 Å². The van der Waals surface area contributed by atoms with Gasteiger partial charge in [0, 0.05) is 5.92 Å². The second-order valence-electron chi connectivity index (χ2n) is 3.81. The van der Waals surface area contributed by atoms with Crippen molar-refractivity contribution >= 4 is 5.78 Å². The zero-order chi connectivity index (χ0) is 10.9. The molecule has 0 aromatic rings. The fourth-order valence-corrected chi connectivity index (χ4v) is 0.655. The number of rotatable bonds is 4. The minimum absolute atomic E-state index is 0.224. The number of hydrogen-bond acceptors (Lipinski definition) is 2. The van der Waals surface area contributed by atoms with Gasteiger partial charge in [0.05, 0.1) is 0 Å². The molecule has 80 valence electrons. The van der Waals surface area contributed by atoms with E-state index < -0.39 is 0 Å². The number of hydrogen-bond donors (Lipinski definition) is 0. The van der Waals surface area contributed by atoms with Crippen molar-refractivity contribution < 1.29 is 4.79 Å². The molecule has 13 heavy (non-hydrogen) atoms. The molecule has 0 N–H and O–H groups in total. The van der Waals surface area contributed by atoms with E-state index in [1.807, 2.05) is 21.0 Å². The van der Waals surface area contributed by atoms with Gasteiger partial charge < -0.3 is 4.90 Å². The number of Topliss-reactive ketones (excluding diaryl/α,β-unsaturated/α-hetero) is 1. The predicted molar refractivity (Wildman–Crippen MR) is 59.0 cm³/mol. The minimum Gasteiger partial charge on any atom is -0.309 e. The number of nitrogens with zero attached hydrogens (tertiary/aromatic N) is 1. The normalized spacial score (nSPS) is 11.9. The van der Waals surface area contributed by atoms with Gasteiger partial charge in [0.25, 0.3) is 0 Å². The van der Waals surface area contributed by atoms with Crippen LogP contribution in [0.3, 0.4) is 0 Å². The van der Waals surface area contributed by atoms with E-state index in [0.29, 0.717) is 5.78 Å². The molecule has 0 rings (SSSR count). The van der Waals surface area contributed by atoms with Crippen molar-refractivity contribution in [3.05, 3.63) is 0 Å². The van der Waals surface area contributed by atoms with E-state index in [0.717, 1.165) is 13.0 Å². The van der Waals surface area contributed by atoms with Crippen molar-refractivity contribution in [2.24, 2.45) is 5.92 Å². The molecule has 0 spiro atoms. The van der Waals surface area contributed by atoms with Crippen molar-refractivity contribution in [2.45, 2.75) is 40.5 Å². The first-order chi connectivity index (χ1) is 5.95. The first-order valence-electron chi connectivity index (χ1n) is 5.10. The molecular weight excluding hydrogens is 162 g/mol. The van der Waals surface area contributed by atoms with Crippen LogP contribution in [0.5, 0.6) is 0 Å². The van der Waals surface area contributed by atoms with Crippen molar-refractivity contribution in [3.63, 3.8) is 0 Å². The summed E-state index contributed by atoms with van der Waals surface area (Å²) in [5.41, 5.74) is 0. The lowest BCUT2D eigenvalue weighted by molar-refractivity contribution is -0.120. The van der Waals surface area contributed by atoms with E-state index in [-0.39, 0.29) is 5.92 Å². The maximum atomic E-state index is 10.7. The van der Waals surface area contributed by atoms with Crippen LogP contribution in [0, 0.1) is 5.92 Å². The summed E-state index contributed by atoms with van der Waals surface area (Å²) in [6.07, 6.45) is 2.22. The van der Waals surface area contributed by atoms with Crippen molar-refractivity contribution in [1.82, 2.24) is 4.90 Å². The molecule has 0 saturated carbocycles. The second kappa shape index (κ2) is 9.72. The highest BCUT2D eigenvalue weighted by Gasteiger charge is 2.06. The van der Waals surface area contributed by atoms with Crippen LogP contribution >= 0.6 is 0 Å². The molecule has 0 aliphatic heterocycles. The Morgan fingerprint density at radius 3 is 1.92 bits per heavy atom. The molecule has 0 bridgehead atoms. The Bertz CT molecular complexity index is 121. The van der Waals surface area contributed by atoms with Crippen molar-refractivity contribution in [1.29, 1.82) is 0 Å². The Morgan fingerprint density at radius 2 is 1.69 bits per heavy atom. The van der Waals surface area contributed by atoms with Gasteiger partial charge in [-0.15, -0.1) is 0 Å². The van der Waals surface area contributed by atoms with Crippen LogP contribution in [0.25, 0.3) is 0 Å². The molecule has 0 saturated heterocycles. The van der Waals surface area contributed by atoms with Crippen LogP contribution in [-0.2, 0) is 4.79 Å². The zero-order valence-electron chi connectivity index (χ0n) is 10.1. The van der Waals surface area contributed by atoms with Gasteiger partial charge in [-0.3, -0.25) is 4.79 Å². The maximum absolute atomic E-state index is 10.7. The fourth-order valence-electron chi connectivity index (χ4n) is 0.655. The van der Waals surface area contributed by atoms with E-state index in [2.05, 4.69) is 18.7 Å².